The second-order valence-corrected chi connectivity index (χ2v) is 10.1. The third-order valence-electron chi connectivity index (χ3n) is 7.46. The van der Waals surface area contributed by atoms with Crippen LogP contribution in [0, 0.1) is 29.1 Å². The van der Waals surface area contributed by atoms with Crippen LogP contribution in [0.5, 0.6) is 0 Å². The molecule has 1 atom stereocenters. The van der Waals surface area contributed by atoms with Gasteiger partial charge in [0.25, 0.3) is 0 Å². The SMILES string of the molecule is CC(C)C(NC(=O)C12CC3CC(CC(C3)C1)C2)C(=O)Nc1ccc2[nH]ncc2c1. The Labute approximate surface area is 171 Å². The Morgan fingerprint density at radius 2 is 1.76 bits per heavy atom. The molecule has 4 aliphatic rings. The molecular weight excluding hydrogens is 364 g/mol. The topological polar surface area (TPSA) is 86.9 Å². The maximum Gasteiger partial charge on any atom is 0.247 e. The summed E-state index contributed by atoms with van der Waals surface area (Å²) < 4.78 is 0. The summed E-state index contributed by atoms with van der Waals surface area (Å²) in [5.41, 5.74) is 1.41. The molecule has 6 heteroatoms. The summed E-state index contributed by atoms with van der Waals surface area (Å²) in [4.78, 5) is 26.4. The van der Waals surface area contributed by atoms with Crippen molar-refractivity contribution in [3.63, 3.8) is 0 Å². The molecule has 0 saturated heterocycles. The Morgan fingerprint density at radius 3 is 2.38 bits per heavy atom. The lowest BCUT2D eigenvalue weighted by atomic mass is 9.49. The van der Waals surface area contributed by atoms with Crippen LogP contribution in [0.2, 0.25) is 0 Å². The number of H-pyrrole nitrogens is 1. The van der Waals surface area contributed by atoms with Crippen molar-refractivity contribution in [2.45, 2.75) is 58.4 Å². The van der Waals surface area contributed by atoms with Crippen molar-refractivity contribution < 1.29 is 9.59 Å². The molecule has 1 unspecified atom stereocenters. The van der Waals surface area contributed by atoms with E-state index in [4.69, 9.17) is 0 Å². The minimum atomic E-state index is -0.532. The van der Waals surface area contributed by atoms with Crippen molar-refractivity contribution in [1.29, 1.82) is 0 Å². The fraction of sp³-hybridized carbons (Fsp3) is 0.609. The minimum Gasteiger partial charge on any atom is -0.344 e. The molecule has 2 aromatic rings. The summed E-state index contributed by atoms with van der Waals surface area (Å²) in [5.74, 6) is 2.10. The second-order valence-electron chi connectivity index (χ2n) is 10.1. The fourth-order valence-electron chi connectivity index (χ4n) is 6.46. The lowest BCUT2D eigenvalue weighted by Gasteiger charge is -2.55. The summed E-state index contributed by atoms with van der Waals surface area (Å²) in [5, 5.41) is 14.0. The lowest BCUT2D eigenvalue weighted by molar-refractivity contribution is -0.148. The molecule has 154 valence electrons. The number of nitrogens with one attached hydrogen (secondary N) is 3. The van der Waals surface area contributed by atoms with Gasteiger partial charge in [-0.15, -0.1) is 0 Å². The predicted molar refractivity (Wildman–Crippen MR) is 112 cm³/mol. The van der Waals surface area contributed by atoms with Crippen LogP contribution in [-0.4, -0.2) is 28.1 Å². The maximum absolute atomic E-state index is 13.4. The van der Waals surface area contributed by atoms with Gasteiger partial charge >= 0.3 is 0 Å². The van der Waals surface area contributed by atoms with Gasteiger partial charge in [-0.25, -0.2) is 0 Å². The van der Waals surface area contributed by atoms with Crippen molar-refractivity contribution in [2.75, 3.05) is 5.32 Å². The molecule has 1 aromatic heterocycles. The van der Waals surface area contributed by atoms with Gasteiger partial charge < -0.3 is 10.6 Å². The van der Waals surface area contributed by atoms with E-state index in [2.05, 4.69) is 20.8 Å². The van der Waals surface area contributed by atoms with Crippen LogP contribution in [0.1, 0.15) is 52.4 Å². The zero-order chi connectivity index (χ0) is 20.2. The zero-order valence-corrected chi connectivity index (χ0v) is 17.2. The molecule has 4 bridgehead atoms. The zero-order valence-electron chi connectivity index (χ0n) is 17.2. The van der Waals surface area contributed by atoms with Gasteiger partial charge in [-0.2, -0.15) is 5.10 Å². The Morgan fingerprint density at radius 1 is 1.10 bits per heavy atom. The van der Waals surface area contributed by atoms with Crippen molar-refractivity contribution in [2.24, 2.45) is 29.1 Å². The van der Waals surface area contributed by atoms with Gasteiger partial charge in [0.05, 0.1) is 11.7 Å². The number of hydrogen-bond donors (Lipinski definition) is 3. The number of benzene rings is 1. The standard InChI is InChI=1S/C23H30N4O2/c1-13(2)20(21(28)25-18-3-4-19-17(8-18)12-24-27-19)26-22(29)23-9-14-5-15(10-23)7-16(6-14)11-23/h3-4,8,12-16,20H,5-7,9-11H2,1-2H3,(H,24,27)(H,25,28)(H,26,29). The van der Waals surface area contributed by atoms with Gasteiger partial charge in [-0.1, -0.05) is 13.8 Å². The molecule has 0 radical (unpaired) electrons. The van der Waals surface area contributed by atoms with Crippen LogP contribution in [0.15, 0.2) is 24.4 Å². The van der Waals surface area contributed by atoms with Crippen LogP contribution in [-0.2, 0) is 9.59 Å². The fourth-order valence-corrected chi connectivity index (χ4v) is 6.46. The third-order valence-corrected chi connectivity index (χ3v) is 7.46. The number of hydrogen-bond acceptors (Lipinski definition) is 3. The van der Waals surface area contributed by atoms with Crippen LogP contribution in [0.3, 0.4) is 0 Å². The van der Waals surface area contributed by atoms with Gasteiger partial charge in [-0.05, 0) is 80.4 Å². The highest BCUT2D eigenvalue weighted by atomic mass is 16.2. The Hall–Kier alpha value is -2.37. The molecule has 4 aliphatic carbocycles. The molecule has 4 saturated carbocycles. The molecule has 1 heterocycles. The predicted octanol–water partition coefficient (Wildman–Crippen LogP) is 3.86. The first-order chi connectivity index (χ1) is 13.9. The monoisotopic (exact) mass is 394 g/mol. The number of carbonyl (C=O) groups excluding carboxylic acids is 2. The van der Waals surface area contributed by atoms with E-state index in [-0.39, 0.29) is 23.1 Å². The number of amides is 2. The van der Waals surface area contributed by atoms with Crippen molar-refractivity contribution in [3.05, 3.63) is 24.4 Å². The molecule has 4 fully saturated rings. The first-order valence-corrected chi connectivity index (χ1v) is 11.0. The van der Waals surface area contributed by atoms with Gasteiger partial charge in [0.15, 0.2) is 0 Å². The highest BCUT2D eigenvalue weighted by molar-refractivity contribution is 5.99. The number of aromatic nitrogens is 2. The number of carbonyl (C=O) groups is 2. The first-order valence-electron chi connectivity index (χ1n) is 11.0. The van der Waals surface area contributed by atoms with Gasteiger partial charge in [0.2, 0.25) is 11.8 Å². The van der Waals surface area contributed by atoms with E-state index in [9.17, 15) is 9.59 Å². The van der Waals surface area contributed by atoms with Crippen LogP contribution in [0.25, 0.3) is 10.9 Å². The van der Waals surface area contributed by atoms with Gasteiger partial charge in [-0.3, -0.25) is 14.7 Å². The van der Waals surface area contributed by atoms with E-state index < -0.39 is 6.04 Å². The Kier molecular flexibility index (Phi) is 4.41. The average Bonchev–Trinajstić information content (AvgIpc) is 3.12. The summed E-state index contributed by atoms with van der Waals surface area (Å²) in [6, 6.07) is 5.12. The quantitative estimate of drug-likeness (QED) is 0.720. The van der Waals surface area contributed by atoms with E-state index in [0.29, 0.717) is 17.8 Å². The molecular formula is C23H30N4O2. The highest BCUT2D eigenvalue weighted by Crippen LogP contribution is 2.60. The van der Waals surface area contributed by atoms with Gasteiger partial charge in [0, 0.05) is 16.5 Å². The molecule has 29 heavy (non-hydrogen) atoms. The Balaban J connectivity index is 1.31. The summed E-state index contributed by atoms with van der Waals surface area (Å²) >= 11 is 0. The third kappa shape index (κ3) is 3.32. The van der Waals surface area contributed by atoms with E-state index in [1.54, 1.807) is 6.20 Å². The van der Waals surface area contributed by atoms with Crippen LogP contribution in [0.4, 0.5) is 5.69 Å². The first kappa shape index (κ1) is 18.6. The van der Waals surface area contributed by atoms with Crippen LogP contribution < -0.4 is 10.6 Å². The minimum absolute atomic E-state index is 0.0190. The van der Waals surface area contributed by atoms with Crippen molar-refractivity contribution in [3.8, 4) is 0 Å². The van der Waals surface area contributed by atoms with Crippen LogP contribution >= 0.6 is 0 Å². The largest absolute Gasteiger partial charge is 0.344 e. The smallest absolute Gasteiger partial charge is 0.247 e. The number of anilines is 1. The molecule has 0 aliphatic heterocycles. The number of fused-ring (bicyclic) bond motifs is 1. The van der Waals surface area contributed by atoms with Crippen molar-refractivity contribution in [1.82, 2.24) is 15.5 Å². The number of rotatable bonds is 5. The normalized spacial score (nSPS) is 31.2. The Bertz CT molecular complexity index is 912. The molecule has 6 nitrogen and oxygen atoms in total. The summed E-state index contributed by atoms with van der Waals surface area (Å²) in [6.45, 7) is 3.98. The van der Waals surface area contributed by atoms with Gasteiger partial charge in [0.1, 0.15) is 6.04 Å². The molecule has 2 amide bonds. The maximum atomic E-state index is 13.4. The van der Waals surface area contributed by atoms with E-state index in [1.807, 2.05) is 32.0 Å². The molecule has 0 spiro atoms. The van der Waals surface area contributed by atoms with E-state index in [0.717, 1.165) is 35.9 Å². The van der Waals surface area contributed by atoms with Crippen molar-refractivity contribution >= 4 is 28.4 Å². The highest BCUT2D eigenvalue weighted by Gasteiger charge is 2.55. The molecule has 6 rings (SSSR count). The molecule has 1 aromatic carbocycles. The van der Waals surface area contributed by atoms with E-state index in [1.165, 1.54) is 19.3 Å². The number of aromatic amines is 1. The lowest BCUT2D eigenvalue weighted by Crippen LogP contribution is -2.57. The second kappa shape index (κ2) is 6.85. The summed E-state index contributed by atoms with van der Waals surface area (Å²) in [7, 11) is 0. The average molecular weight is 395 g/mol. The number of nitrogens with zero attached hydrogens (tertiary/aromatic N) is 1. The molecule has 3 N–H and O–H groups in total. The van der Waals surface area contributed by atoms with E-state index >= 15 is 0 Å². The summed E-state index contributed by atoms with van der Waals surface area (Å²) in [6.07, 6.45) is 8.67.